The highest BCUT2D eigenvalue weighted by molar-refractivity contribution is 5.36. The zero-order valence-corrected chi connectivity index (χ0v) is 11.1. The van der Waals surface area contributed by atoms with E-state index in [9.17, 15) is 0 Å². The van der Waals surface area contributed by atoms with Crippen molar-refractivity contribution in [1.82, 2.24) is 5.32 Å². The van der Waals surface area contributed by atoms with Gasteiger partial charge >= 0.3 is 0 Å². The molecule has 1 fully saturated rings. The number of hydrogen-bond donors (Lipinski definition) is 1. The van der Waals surface area contributed by atoms with Crippen LogP contribution in [0.2, 0.25) is 0 Å². The van der Waals surface area contributed by atoms with Crippen LogP contribution in [0.25, 0.3) is 0 Å². The van der Waals surface area contributed by atoms with E-state index in [4.69, 9.17) is 4.74 Å². The van der Waals surface area contributed by atoms with E-state index in [1.54, 1.807) is 0 Å². The highest BCUT2D eigenvalue weighted by Crippen LogP contribution is 2.23. The number of benzene rings is 1. The second kappa shape index (κ2) is 5.54. The molecule has 1 unspecified atom stereocenters. The molecular formula is C15H23NO. The van der Waals surface area contributed by atoms with Crippen LogP contribution >= 0.6 is 0 Å². The first-order valence-electron chi connectivity index (χ1n) is 6.63. The van der Waals surface area contributed by atoms with Gasteiger partial charge in [-0.05, 0) is 55.5 Å². The average molecular weight is 233 g/mol. The summed E-state index contributed by atoms with van der Waals surface area (Å²) < 4.78 is 5.84. The molecule has 2 heteroatoms. The largest absolute Gasteiger partial charge is 0.492 e. The lowest BCUT2D eigenvalue weighted by Gasteiger charge is -2.15. The molecule has 94 valence electrons. The van der Waals surface area contributed by atoms with E-state index < -0.39 is 0 Å². The summed E-state index contributed by atoms with van der Waals surface area (Å²) in [6.45, 7) is 8.55. The van der Waals surface area contributed by atoms with Crippen molar-refractivity contribution in [3.63, 3.8) is 0 Å². The normalized spacial score (nSPS) is 19.9. The number of hydrogen-bond acceptors (Lipinski definition) is 2. The van der Waals surface area contributed by atoms with Gasteiger partial charge in [-0.2, -0.15) is 0 Å². The van der Waals surface area contributed by atoms with Crippen LogP contribution in [0.5, 0.6) is 5.75 Å². The van der Waals surface area contributed by atoms with Crippen LogP contribution in [0.15, 0.2) is 18.2 Å². The SMILES string of the molecule is Cc1cc(OCC2CCCN2)ccc1C(C)C. The monoisotopic (exact) mass is 233 g/mol. The number of aryl methyl sites for hydroxylation is 1. The zero-order valence-electron chi connectivity index (χ0n) is 11.1. The fourth-order valence-corrected chi connectivity index (χ4v) is 2.48. The highest BCUT2D eigenvalue weighted by atomic mass is 16.5. The molecule has 0 bridgehead atoms. The minimum absolute atomic E-state index is 0.542. The molecule has 1 N–H and O–H groups in total. The van der Waals surface area contributed by atoms with E-state index in [0.717, 1.165) is 18.9 Å². The van der Waals surface area contributed by atoms with E-state index in [1.807, 2.05) is 0 Å². The van der Waals surface area contributed by atoms with Gasteiger partial charge in [0, 0.05) is 6.04 Å². The maximum atomic E-state index is 5.84. The summed E-state index contributed by atoms with van der Waals surface area (Å²) in [6.07, 6.45) is 2.52. The van der Waals surface area contributed by atoms with Crippen LogP contribution in [0.1, 0.15) is 43.7 Å². The Hall–Kier alpha value is -1.02. The predicted molar refractivity (Wildman–Crippen MR) is 71.8 cm³/mol. The fraction of sp³-hybridized carbons (Fsp3) is 0.600. The van der Waals surface area contributed by atoms with Crippen molar-refractivity contribution in [2.45, 2.75) is 45.6 Å². The molecule has 1 aliphatic heterocycles. The van der Waals surface area contributed by atoms with Gasteiger partial charge in [-0.3, -0.25) is 0 Å². The lowest BCUT2D eigenvalue weighted by Crippen LogP contribution is -2.28. The second-order valence-electron chi connectivity index (χ2n) is 5.28. The molecule has 2 nitrogen and oxygen atoms in total. The minimum Gasteiger partial charge on any atom is -0.492 e. The van der Waals surface area contributed by atoms with Gasteiger partial charge < -0.3 is 10.1 Å². The quantitative estimate of drug-likeness (QED) is 0.862. The third-order valence-corrected chi connectivity index (χ3v) is 3.48. The maximum Gasteiger partial charge on any atom is 0.119 e. The molecule has 0 aliphatic carbocycles. The number of rotatable bonds is 4. The van der Waals surface area contributed by atoms with E-state index >= 15 is 0 Å². The summed E-state index contributed by atoms with van der Waals surface area (Å²) in [6, 6.07) is 6.99. The van der Waals surface area contributed by atoms with Crippen LogP contribution in [-0.4, -0.2) is 19.2 Å². The third kappa shape index (κ3) is 3.22. The van der Waals surface area contributed by atoms with Crippen molar-refractivity contribution in [2.24, 2.45) is 0 Å². The molecular weight excluding hydrogens is 210 g/mol. The van der Waals surface area contributed by atoms with Gasteiger partial charge in [0.1, 0.15) is 12.4 Å². The maximum absolute atomic E-state index is 5.84. The number of ether oxygens (including phenoxy) is 1. The first-order chi connectivity index (χ1) is 8.16. The Morgan fingerprint density at radius 3 is 2.82 bits per heavy atom. The van der Waals surface area contributed by atoms with Crippen molar-refractivity contribution >= 4 is 0 Å². The van der Waals surface area contributed by atoms with Gasteiger partial charge in [0.15, 0.2) is 0 Å². The summed E-state index contributed by atoms with van der Waals surface area (Å²) >= 11 is 0. The zero-order chi connectivity index (χ0) is 12.3. The van der Waals surface area contributed by atoms with Crippen molar-refractivity contribution in [3.8, 4) is 5.75 Å². The minimum atomic E-state index is 0.542. The van der Waals surface area contributed by atoms with Crippen molar-refractivity contribution in [3.05, 3.63) is 29.3 Å². The van der Waals surface area contributed by atoms with E-state index in [2.05, 4.69) is 44.3 Å². The van der Waals surface area contributed by atoms with Gasteiger partial charge in [-0.15, -0.1) is 0 Å². The van der Waals surface area contributed by atoms with Gasteiger partial charge in [0.2, 0.25) is 0 Å². The molecule has 0 amide bonds. The molecule has 1 atom stereocenters. The fourth-order valence-electron chi connectivity index (χ4n) is 2.48. The Morgan fingerprint density at radius 2 is 2.24 bits per heavy atom. The van der Waals surface area contributed by atoms with Gasteiger partial charge in [-0.1, -0.05) is 19.9 Å². The third-order valence-electron chi connectivity index (χ3n) is 3.48. The molecule has 1 aromatic rings. The van der Waals surface area contributed by atoms with Gasteiger partial charge in [0.05, 0.1) is 0 Å². The van der Waals surface area contributed by atoms with Gasteiger partial charge in [-0.25, -0.2) is 0 Å². The van der Waals surface area contributed by atoms with Crippen LogP contribution in [0, 0.1) is 6.92 Å². The van der Waals surface area contributed by atoms with Crippen molar-refractivity contribution in [1.29, 1.82) is 0 Å². The smallest absolute Gasteiger partial charge is 0.119 e. The highest BCUT2D eigenvalue weighted by Gasteiger charge is 2.14. The first-order valence-corrected chi connectivity index (χ1v) is 6.63. The van der Waals surface area contributed by atoms with E-state index in [0.29, 0.717) is 12.0 Å². The van der Waals surface area contributed by atoms with E-state index in [1.165, 1.54) is 24.0 Å². The summed E-state index contributed by atoms with van der Waals surface area (Å²) in [5, 5.41) is 3.45. The van der Waals surface area contributed by atoms with E-state index in [-0.39, 0.29) is 0 Å². The van der Waals surface area contributed by atoms with Crippen molar-refractivity contribution in [2.75, 3.05) is 13.2 Å². The topological polar surface area (TPSA) is 21.3 Å². The molecule has 0 saturated carbocycles. The molecule has 0 spiro atoms. The molecule has 2 rings (SSSR count). The lowest BCUT2D eigenvalue weighted by atomic mass is 9.98. The number of nitrogens with one attached hydrogen (secondary N) is 1. The lowest BCUT2D eigenvalue weighted by molar-refractivity contribution is 0.277. The summed E-state index contributed by atoms with van der Waals surface area (Å²) in [4.78, 5) is 0. The Balaban J connectivity index is 1.94. The Labute approximate surface area is 104 Å². The van der Waals surface area contributed by atoms with Crippen LogP contribution in [-0.2, 0) is 0 Å². The van der Waals surface area contributed by atoms with Gasteiger partial charge in [0.25, 0.3) is 0 Å². The van der Waals surface area contributed by atoms with Crippen LogP contribution in [0.4, 0.5) is 0 Å². The van der Waals surface area contributed by atoms with Crippen LogP contribution in [0.3, 0.4) is 0 Å². The molecule has 1 saturated heterocycles. The average Bonchev–Trinajstić information content (AvgIpc) is 2.78. The standard InChI is InChI=1S/C15H23NO/c1-11(2)15-7-6-14(9-12(15)3)17-10-13-5-4-8-16-13/h6-7,9,11,13,16H,4-5,8,10H2,1-3H3. The molecule has 1 aliphatic rings. The summed E-state index contributed by atoms with van der Waals surface area (Å²) in [7, 11) is 0. The first kappa shape index (κ1) is 12.4. The summed E-state index contributed by atoms with van der Waals surface area (Å²) in [5.41, 5.74) is 2.74. The molecule has 1 heterocycles. The molecule has 0 radical (unpaired) electrons. The van der Waals surface area contributed by atoms with Crippen LogP contribution < -0.4 is 10.1 Å². The van der Waals surface area contributed by atoms with Crippen molar-refractivity contribution < 1.29 is 4.74 Å². The molecule has 1 aromatic carbocycles. The predicted octanol–water partition coefficient (Wildman–Crippen LogP) is 3.25. The summed E-state index contributed by atoms with van der Waals surface area (Å²) in [5.74, 6) is 1.58. The Bertz CT molecular complexity index is 367. The second-order valence-corrected chi connectivity index (χ2v) is 5.28. The Morgan fingerprint density at radius 1 is 1.41 bits per heavy atom. The Kier molecular flexibility index (Phi) is 4.06. The molecule has 17 heavy (non-hydrogen) atoms. The molecule has 0 aromatic heterocycles.